The van der Waals surface area contributed by atoms with E-state index < -0.39 is 26.2 Å². The van der Waals surface area contributed by atoms with E-state index in [9.17, 15) is 23.2 Å². The van der Waals surface area contributed by atoms with Crippen LogP contribution in [-0.2, 0) is 14.9 Å². The predicted octanol–water partition coefficient (Wildman–Crippen LogP) is 5.89. The number of hydrogen-bond donors (Lipinski definition) is 3. The van der Waals surface area contributed by atoms with Gasteiger partial charge in [0.1, 0.15) is 11.5 Å². The van der Waals surface area contributed by atoms with Gasteiger partial charge in [-0.2, -0.15) is 8.42 Å². The highest BCUT2D eigenvalue weighted by Gasteiger charge is 2.52. The van der Waals surface area contributed by atoms with Crippen molar-refractivity contribution in [3.63, 3.8) is 0 Å². The Kier molecular flexibility index (Phi) is 5.98. The minimum absolute atomic E-state index is 0.00464. The van der Waals surface area contributed by atoms with Crippen LogP contribution < -0.4 is 0 Å². The second-order valence-electron chi connectivity index (χ2n) is 6.09. The van der Waals surface area contributed by atoms with Gasteiger partial charge in [-0.15, -0.1) is 0 Å². The quantitative estimate of drug-likeness (QED) is 0.311. The van der Waals surface area contributed by atoms with Crippen molar-refractivity contribution in [2.45, 2.75) is 4.75 Å². The summed E-state index contributed by atoms with van der Waals surface area (Å²) in [6.45, 7) is 0. The van der Waals surface area contributed by atoms with Crippen molar-refractivity contribution >= 4 is 56.5 Å². The fraction of sp³-hybridized carbons (Fsp3) is 0.0526. The maximum absolute atomic E-state index is 13.0. The molecule has 0 aliphatic heterocycles. The van der Waals surface area contributed by atoms with Gasteiger partial charge in [0, 0.05) is 5.56 Å². The maximum atomic E-state index is 13.0. The van der Waals surface area contributed by atoms with Crippen LogP contribution in [0.4, 0.5) is 0 Å². The van der Waals surface area contributed by atoms with Gasteiger partial charge in [0.2, 0.25) is 0 Å². The van der Waals surface area contributed by atoms with Crippen molar-refractivity contribution in [1.29, 1.82) is 0 Å². The molecule has 0 aromatic heterocycles. The third kappa shape index (κ3) is 3.65. The lowest BCUT2D eigenvalue weighted by Gasteiger charge is -2.34. The van der Waals surface area contributed by atoms with Gasteiger partial charge in [0.05, 0.1) is 20.1 Å². The molecule has 0 fully saturated rings. The summed E-state index contributed by atoms with van der Waals surface area (Å²) in [5, 5.41) is 20.3. The summed E-state index contributed by atoms with van der Waals surface area (Å²) >= 11 is 24.5. The van der Waals surface area contributed by atoms with Crippen LogP contribution in [0.2, 0.25) is 20.1 Å². The van der Waals surface area contributed by atoms with E-state index >= 15 is 0 Å². The summed E-state index contributed by atoms with van der Waals surface area (Å²) in [6.07, 6.45) is 0. The molecule has 0 radical (unpaired) electrons. The molecule has 0 aliphatic rings. The Bertz CT molecular complexity index is 1210. The molecular weight excluding hydrogens is 482 g/mol. The van der Waals surface area contributed by atoms with Crippen molar-refractivity contribution in [1.82, 2.24) is 0 Å². The van der Waals surface area contributed by atoms with E-state index in [4.69, 9.17) is 46.4 Å². The van der Waals surface area contributed by atoms with E-state index in [0.717, 1.165) is 12.1 Å². The Morgan fingerprint density at radius 3 is 1.97 bits per heavy atom. The molecule has 10 heteroatoms. The fourth-order valence-corrected chi connectivity index (χ4v) is 5.32. The average Bonchev–Trinajstić information content (AvgIpc) is 2.63. The Labute approximate surface area is 186 Å². The minimum Gasteiger partial charge on any atom is -0.508 e. The summed E-state index contributed by atoms with van der Waals surface area (Å²) in [5.74, 6) is -0.834. The predicted molar refractivity (Wildman–Crippen MR) is 114 cm³/mol. The van der Waals surface area contributed by atoms with Crippen LogP contribution in [0.3, 0.4) is 0 Å². The van der Waals surface area contributed by atoms with Crippen LogP contribution in [0.15, 0.2) is 54.6 Å². The number of phenols is 2. The number of aromatic hydroxyl groups is 2. The maximum Gasteiger partial charge on any atom is 0.283 e. The van der Waals surface area contributed by atoms with Crippen LogP contribution in [0.5, 0.6) is 11.5 Å². The molecule has 5 nitrogen and oxygen atoms in total. The van der Waals surface area contributed by atoms with Gasteiger partial charge in [-0.25, -0.2) is 0 Å². The lowest BCUT2D eigenvalue weighted by molar-refractivity contribution is 0.439. The normalized spacial score (nSPS) is 13.8. The van der Waals surface area contributed by atoms with Crippen LogP contribution in [-0.4, -0.2) is 23.2 Å². The van der Waals surface area contributed by atoms with Crippen LogP contribution in [0.25, 0.3) is 0 Å². The van der Waals surface area contributed by atoms with Crippen molar-refractivity contribution in [2.75, 3.05) is 0 Å². The van der Waals surface area contributed by atoms with Crippen LogP contribution in [0, 0.1) is 0 Å². The van der Waals surface area contributed by atoms with Gasteiger partial charge in [0.25, 0.3) is 10.1 Å². The van der Waals surface area contributed by atoms with Crippen molar-refractivity contribution in [2.24, 2.45) is 0 Å². The van der Waals surface area contributed by atoms with E-state index in [1.165, 1.54) is 42.5 Å². The van der Waals surface area contributed by atoms with Gasteiger partial charge in [-0.05, 0) is 47.5 Å². The van der Waals surface area contributed by atoms with Crippen molar-refractivity contribution < 1.29 is 23.2 Å². The van der Waals surface area contributed by atoms with E-state index in [-0.39, 0.29) is 37.0 Å². The van der Waals surface area contributed by atoms with Gasteiger partial charge in [0.15, 0.2) is 4.75 Å². The molecule has 3 N–H and O–H groups in total. The van der Waals surface area contributed by atoms with Crippen molar-refractivity contribution in [3.8, 4) is 11.5 Å². The lowest BCUT2D eigenvalue weighted by atomic mass is 9.83. The highest BCUT2D eigenvalue weighted by Crippen LogP contribution is 2.52. The lowest BCUT2D eigenvalue weighted by Crippen LogP contribution is -2.38. The Morgan fingerprint density at radius 2 is 1.38 bits per heavy atom. The molecule has 0 heterocycles. The summed E-state index contributed by atoms with van der Waals surface area (Å²) < 4.78 is 33.9. The SMILES string of the molecule is O=S(=O)(O)C(c1cccc(O)c1)(c1ccc(Cl)c(Cl)c1)c1c(O)ccc(Cl)c1Cl. The number of phenolic OH excluding ortho intramolecular Hbond substituents is 2. The number of rotatable bonds is 4. The second-order valence-corrected chi connectivity index (χ2v) is 9.25. The summed E-state index contributed by atoms with van der Waals surface area (Å²) in [6, 6.07) is 11.4. The third-order valence-electron chi connectivity index (χ3n) is 4.39. The molecular formula is C19H12Cl4O5S. The first-order chi connectivity index (χ1) is 13.5. The topological polar surface area (TPSA) is 94.8 Å². The second kappa shape index (κ2) is 7.87. The van der Waals surface area contributed by atoms with Crippen LogP contribution >= 0.6 is 46.4 Å². The largest absolute Gasteiger partial charge is 0.508 e. The van der Waals surface area contributed by atoms with E-state index in [1.54, 1.807) is 0 Å². The molecule has 152 valence electrons. The van der Waals surface area contributed by atoms with Crippen molar-refractivity contribution in [3.05, 3.63) is 91.4 Å². The molecule has 1 unspecified atom stereocenters. The van der Waals surface area contributed by atoms with Gasteiger partial charge < -0.3 is 10.2 Å². The molecule has 29 heavy (non-hydrogen) atoms. The fourth-order valence-electron chi connectivity index (χ4n) is 3.20. The molecule has 3 rings (SSSR count). The molecule has 0 spiro atoms. The molecule has 0 bridgehead atoms. The standard InChI is InChI=1S/C19H12Cl4O5S/c20-13-5-4-11(9-15(13)22)19(29(26,27)28,10-2-1-3-12(24)8-10)17-16(25)7-6-14(21)18(17)23/h1-9,24-25H,(H,26,27,28). The molecule has 3 aromatic rings. The highest BCUT2D eigenvalue weighted by molar-refractivity contribution is 7.87. The molecule has 0 aliphatic carbocycles. The van der Waals surface area contributed by atoms with E-state index in [2.05, 4.69) is 0 Å². The van der Waals surface area contributed by atoms with E-state index in [1.807, 2.05) is 0 Å². The van der Waals surface area contributed by atoms with Gasteiger partial charge in [-0.3, -0.25) is 4.55 Å². The van der Waals surface area contributed by atoms with Gasteiger partial charge >= 0.3 is 0 Å². The summed E-state index contributed by atoms with van der Waals surface area (Å²) in [5.41, 5.74) is -0.601. The molecule has 0 saturated carbocycles. The first-order valence-electron chi connectivity index (χ1n) is 7.89. The zero-order valence-corrected chi connectivity index (χ0v) is 18.1. The summed E-state index contributed by atoms with van der Waals surface area (Å²) in [4.78, 5) is 0. The minimum atomic E-state index is -5.11. The zero-order chi connectivity index (χ0) is 21.6. The van der Waals surface area contributed by atoms with Crippen LogP contribution in [0.1, 0.15) is 16.7 Å². The smallest absolute Gasteiger partial charge is 0.283 e. The highest BCUT2D eigenvalue weighted by atomic mass is 35.5. The Hall–Kier alpha value is -1.67. The number of hydrogen-bond acceptors (Lipinski definition) is 4. The third-order valence-corrected chi connectivity index (χ3v) is 7.38. The Morgan fingerprint density at radius 1 is 0.759 bits per heavy atom. The summed E-state index contributed by atoms with van der Waals surface area (Å²) in [7, 11) is -5.11. The first-order valence-corrected chi connectivity index (χ1v) is 10.8. The van der Waals surface area contributed by atoms with Gasteiger partial charge in [-0.1, -0.05) is 64.6 Å². The number of benzene rings is 3. The molecule has 3 aromatic carbocycles. The zero-order valence-electron chi connectivity index (χ0n) is 14.3. The average molecular weight is 494 g/mol. The monoisotopic (exact) mass is 492 g/mol. The molecule has 0 saturated heterocycles. The first kappa shape index (κ1) is 22.0. The number of halogens is 4. The molecule has 0 amide bonds. The molecule has 1 atom stereocenters. The van der Waals surface area contributed by atoms with E-state index in [0.29, 0.717) is 0 Å². The Balaban J connectivity index is 2.63.